The van der Waals surface area contributed by atoms with Gasteiger partial charge in [0.05, 0.1) is 0 Å². The molecule has 0 amide bonds. The molecule has 1 saturated heterocycles. The van der Waals surface area contributed by atoms with E-state index in [0.717, 1.165) is 26.2 Å². The Bertz CT molecular complexity index is 557. The van der Waals surface area contributed by atoms with Gasteiger partial charge in [0.25, 0.3) is 0 Å². The molecule has 0 radical (unpaired) electrons. The van der Waals surface area contributed by atoms with Gasteiger partial charge >= 0.3 is 0 Å². The summed E-state index contributed by atoms with van der Waals surface area (Å²) in [5, 5.41) is 0. The lowest BCUT2D eigenvalue weighted by Crippen LogP contribution is -2.46. The van der Waals surface area contributed by atoms with E-state index in [9.17, 15) is 0 Å². The maximum atomic E-state index is 5.94. The van der Waals surface area contributed by atoms with Crippen LogP contribution in [0.5, 0.6) is 0 Å². The van der Waals surface area contributed by atoms with Gasteiger partial charge in [-0.3, -0.25) is 4.90 Å². The van der Waals surface area contributed by atoms with Crippen LogP contribution in [-0.2, 0) is 6.54 Å². The largest absolute Gasteiger partial charge is 0.303 e. The van der Waals surface area contributed by atoms with Crippen LogP contribution < -0.4 is 0 Å². The number of rotatable bonds is 3. The van der Waals surface area contributed by atoms with Crippen molar-refractivity contribution in [1.82, 2.24) is 14.8 Å². The summed E-state index contributed by atoms with van der Waals surface area (Å²) in [6, 6.07) is 11.2. The highest BCUT2D eigenvalue weighted by Crippen LogP contribution is 2.28. The normalized spacial score (nSPS) is 21.2. The van der Waals surface area contributed by atoms with E-state index in [1.165, 1.54) is 10.4 Å². The van der Waals surface area contributed by atoms with Gasteiger partial charge in [0, 0.05) is 43.3 Å². The van der Waals surface area contributed by atoms with Gasteiger partial charge in [-0.05, 0) is 12.6 Å². The molecular weight excluding hydrogens is 290 g/mol. The molecule has 0 aliphatic carbocycles. The molecule has 1 aliphatic heterocycles. The number of halogens is 1. The van der Waals surface area contributed by atoms with Crippen molar-refractivity contribution in [3.05, 3.63) is 51.4 Å². The van der Waals surface area contributed by atoms with Gasteiger partial charge in [-0.15, -0.1) is 11.3 Å². The summed E-state index contributed by atoms with van der Waals surface area (Å²) < 4.78 is 0.630. The first-order valence-corrected chi connectivity index (χ1v) is 7.99. The summed E-state index contributed by atoms with van der Waals surface area (Å²) in [6.07, 6.45) is 1.90. The van der Waals surface area contributed by atoms with E-state index in [0.29, 0.717) is 10.5 Å². The minimum atomic E-state index is 0.441. The van der Waals surface area contributed by atoms with Crippen molar-refractivity contribution in [2.24, 2.45) is 0 Å². The second-order valence-corrected chi connectivity index (χ2v) is 6.94. The molecular formula is C15H18ClN3S. The van der Waals surface area contributed by atoms with Gasteiger partial charge in [-0.25, -0.2) is 4.98 Å². The molecule has 0 N–H and O–H groups in total. The number of hydrogen-bond donors (Lipinski definition) is 0. The molecule has 1 aliphatic rings. The Kier molecular flexibility index (Phi) is 4.36. The Morgan fingerprint density at radius 3 is 2.80 bits per heavy atom. The van der Waals surface area contributed by atoms with Crippen molar-refractivity contribution in [2.75, 3.05) is 26.7 Å². The fourth-order valence-electron chi connectivity index (χ4n) is 2.69. The van der Waals surface area contributed by atoms with Crippen molar-refractivity contribution in [3.8, 4) is 0 Å². The zero-order valence-electron chi connectivity index (χ0n) is 11.5. The number of benzene rings is 1. The van der Waals surface area contributed by atoms with Crippen LogP contribution in [0.2, 0.25) is 4.47 Å². The third-order valence-corrected chi connectivity index (χ3v) is 4.86. The van der Waals surface area contributed by atoms with E-state index in [-0.39, 0.29) is 0 Å². The monoisotopic (exact) mass is 307 g/mol. The summed E-state index contributed by atoms with van der Waals surface area (Å²) in [7, 11) is 2.19. The lowest BCUT2D eigenvalue weighted by atomic mass is 10.0. The molecule has 2 heterocycles. The number of nitrogens with zero attached hydrogens (tertiary/aromatic N) is 3. The molecule has 0 bridgehead atoms. The van der Waals surface area contributed by atoms with Crippen LogP contribution in [0, 0.1) is 0 Å². The van der Waals surface area contributed by atoms with Gasteiger partial charge in [0.2, 0.25) is 0 Å². The van der Waals surface area contributed by atoms with E-state index < -0.39 is 0 Å². The fraction of sp³-hybridized carbons (Fsp3) is 0.400. The second kappa shape index (κ2) is 6.22. The molecule has 1 fully saturated rings. The zero-order chi connectivity index (χ0) is 13.9. The topological polar surface area (TPSA) is 19.4 Å². The van der Waals surface area contributed by atoms with Crippen LogP contribution >= 0.6 is 22.9 Å². The predicted octanol–water partition coefficient (Wildman–Crippen LogP) is 3.29. The Balaban J connectivity index is 1.80. The molecule has 1 atom stereocenters. The molecule has 1 aromatic carbocycles. The number of piperazine rings is 1. The van der Waals surface area contributed by atoms with Gasteiger partial charge in [0.15, 0.2) is 4.47 Å². The smallest absolute Gasteiger partial charge is 0.183 e. The zero-order valence-corrected chi connectivity index (χ0v) is 13.1. The van der Waals surface area contributed by atoms with Crippen LogP contribution in [0.1, 0.15) is 16.5 Å². The molecule has 5 heteroatoms. The highest BCUT2D eigenvalue weighted by atomic mass is 35.5. The molecule has 1 unspecified atom stereocenters. The van der Waals surface area contributed by atoms with Crippen LogP contribution in [0.25, 0.3) is 0 Å². The van der Waals surface area contributed by atoms with Gasteiger partial charge < -0.3 is 4.90 Å². The third-order valence-electron chi connectivity index (χ3n) is 3.76. The van der Waals surface area contributed by atoms with Crippen LogP contribution in [-0.4, -0.2) is 41.5 Å². The molecule has 1 aromatic heterocycles. The highest BCUT2D eigenvalue weighted by molar-refractivity contribution is 7.15. The lowest BCUT2D eigenvalue weighted by molar-refractivity contribution is 0.0842. The standard InChI is InChI=1S/C15H18ClN3S/c1-18-7-8-19(10-13-9-17-15(16)20-13)14(11-18)12-5-3-2-4-6-12/h2-6,9,14H,7-8,10-11H2,1H3. The summed E-state index contributed by atoms with van der Waals surface area (Å²) in [5.41, 5.74) is 1.38. The minimum Gasteiger partial charge on any atom is -0.303 e. The third kappa shape index (κ3) is 3.20. The summed E-state index contributed by atoms with van der Waals surface area (Å²) in [5.74, 6) is 0. The van der Waals surface area contributed by atoms with E-state index in [4.69, 9.17) is 11.6 Å². The van der Waals surface area contributed by atoms with Crippen molar-refractivity contribution in [2.45, 2.75) is 12.6 Å². The first kappa shape index (κ1) is 14.0. The molecule has 3 rings (SSSR count). The Morgan fingerprint density at radius 1 is 1.30 bits per heavy atom. The number of aromatic nitrogens is 1. The lowest BCUT2D eigenvalue weighted by Gasteiger charge is -2.40. The highest BCUT2D eigenvalue weighted by Gasteiger charge is 2.26. The van der Waals surface area contributed by atoms with Crippen LogP contribution in [0.3, 0.4) is 0 Å². The van der Waals surface area contributed by atoms with Gasteiger partial charge in [-0.1, -0.05) is 41.9 Å². The van der Waals surface area contributed by atoms with E-state index >= 15 is 0 Å². The van der Waals surface area contributed by atoms with Crippen molar-refractivity contribution >= 4 is 22.9 Å². The number of hydrogen-bond acceptors (Lipinski definition) is 4. The first-order valence-electron chi connectivity index (χ1n) is 6.80. The Labute approximate surface area is 128 Å². The molecule has 20 heavy (non-hydrogen) atoms. The van der Waals surface area contributed by atoms with E-state index in [2.05, 4.69) is 52.2 Å². The number of likely N-dealkylation sites (N-methyl/N-ethyl adjacent to an activating group) is 1. The average Bonchev–Trinajstić information content (AvgIpc) is 2.87. The molecule has 0 spiro atoms. The predicted molar refractivity (Wildman–Crippen MR) is 84.2 cm³/mol. The van der Waals surface area contributed by atoms with Crippen LogP contribution in [0.4, 0.5) is 0 Å². The number of thiazole rings is 1. The summed E-state index contributed by atoms with van der Waals surface area (Å²) >= 11 is 7.51. The quantitative estimate of drug-likeness (QED) is 0.867. The maximum Gasteiger partial charge on any atom is 0.183 e. The SMILES string of the molecule is CN1CCN(Cc2cnc(Cl)s2)C(c2ccccc2)C1. The molecule has 2 aromatic rings. The first-order chi connectivity index (χ1) is 9.72. The Morgan fingerprint density at radius 2 is 2.10 bits per heavy atom. The second-order valence-electron chi connectivity index (χ2n) is 5.24. The summed E-state index contributed by atoms with van der Waals surface area (Å²) in [6.45, 7) is 4.18. The van der Waals surface area contributed by atoms with E-state index in [1.807, 2.05) is 6.20 Å². The van der Waals surface area contributed by atoms with Crippen molar-refractivity contribution in [3.63, 3.8) is 0 Å². The van der Waals surface area contributed by atoms with Gasteiger partial charge in [-0.2, -0.15) is 0 Å². The van der Waals surface area contributed by atoms with E-state index in [1.54, 1.807) is 11.3 Å². The van der Waals surface area contributed by atoms with Gasteiger partial charge in [0.1, 0.15) is 0 Å². The Hall–Kier alpha value is -0.940. The van der Waals surface area contributed by atoms with Crippen molar-refractivity contribution in [1.29, 1.82) is 0 Å². The van der Waals surface area contributed by atoms with Crippen LogP contribution in [0.15, 0.2) is 36.5 Å². The molecule has 0 saturated carbocycles. The van der Waals surface area contributed by atoms with Crippen molar-refractivity contribution < 1.29 is 0 Å². The maximum absolute atomic E-state index is 5.94. The molecule has 106 valence electrons. The summed E-state index contributed by atoms with van der Waals surface area (Å²) in [4.78, 5) is 10.3. The average molecular weight is 308 g/mol. The minimum absolute atomic E-state index is 0.441. The molecule has 3 nitrogen and oxygen atoms in total. The fourth-order valence-corrected chi connectivity index (χ4v) is 3.70.